The average Bonchev–Trinajstić information content (AvgIpc) is 2.51. The Morgan fingerprint density at radius 2 is 1.74 bits per heavy atom. The molecule has 160 valence electrons. The van der Waals surface area contributed by atoms with Gasteiger partial charge in [0.2, 0.25) is 0 Å². The molecule has 0 aromatic rings. The van der Waals surface area contributed by atoms with Gasteiger partial charge in [-0.25, -0.2) is 0 Å². The second-order valence-corrected chi connectivity index (χ2v) is 15.9. The minimum Gasteiger partial charge on any atom is -0.414 e. The minimum absolute atomic E-state index is 0.190. The smallest absolute Gasteiger partial charge is 0.192 e. The summed E-state index contributed by atoms with van der Waals surface area (Å²) in [5, 5.41) is 0.282. The van der Waals surface area contributed by atoms with Gasteiger partial charge < -0.3 is 10.2 Å². The van der Waals surface area contributed by atoms with Crippen molar-refractivity contribution in [2.45, 2.75) is 117 Å². The maximum atomic E-state index is 6.47. The first-order valence-corrected chi connectivity index (χ1v) is 14.4. The van der Waals surface area contributed by atoms with Crippen LogP contribution in [0.5, 0.6) is 0 Å². The van der Waals surface area contributed by atoms with Crippen molar-refractivity contribution in [3.05, 3.63) is 12.2 Å². The molecule has 1 aliphatic rings. The number of nitrogens with two attached hydrogens (primary N) is 1. The molecule has 1 fully saturated rings. The van der Waals surface area contributed by atoms with E-state index in [1.165, 1.54) is 19.3 Å². The Labute approximate surface area is 171 Å². The van der Waals surface area contributed by atoms with E-state index in [0.29, 0.717) is 6.10 Å². The summed E-state index contributed by atoms with van der Waals surface area (Å²) < 4.78 is 6.47. The molecule has 0 aliphatic heterocycles. The van der Waals surface area contributed by atoms with Gasteiger partial charge >= 0.3 is 0 Å². The SMILES string of the molecule is CC(CCC[C@H](N)/C=C/[C@@H]1C[C@H](C)CC[C@H]1C(C)C)O[Si](C)(C)C(C)(C)C. The third-order valence-corrected chi connectivity index (χ3v) is 11.7. The fourth-order valence-electron chi connectivity index (χ4n) is 4.26. The predicted octanol–water partition coefficient (Wildman–Crippen LogP) is 7.16. The first-order valence-electron chi connectivity index (χ1n) is 11.4. The second kappa shape index (κ2) is 10.6. The summed E-state index contributed by atoms with van der Waals surface area (Å²) in [6.45, 7) is 21.0. The van der Waals surface area contributed by atoms with Gasteiger partial charge in [-0.3, -0.25) is 0 Å². The largest absolute Gasteiger partial charge is 0.414 e. The van der Waals surface area contributed by atoms with Crippen molar-refractivity contribution < 1.29 is 4.43 Å². The predicted molar refractivity (Wildman–Crippen MR) is 124 cm³/mol. The topological polar surface area (TPSA) is 35.2 Å². The number of hydrogen-bond acceptors (Lipinski definition) is 2. The molecule has 1 saturated carbocycles. The molecule has 27 heavy (non-hydrogen) atoms. The van der Waals surface area contributed by atoms with E-state index in [9.17, 15) is 0 Å². The van der Waals surface area contributed by atoms with Crippen LogP contribution in [0.3, 0.4) is 0 Å². The maximum absolute atomic E-state index is 6.47. The van der Waals surface area contributed by atoms with E-state index in [2.05, 4.69) is 73.7 Å². The van der Waals surface area contributed by atoms with E-state index in [1.54, 1.807) is 0 Å². The zero-order valence-electron chi connectivity index (χ0n) is 19.8. The molecule has 0 aromatic carbocycles. The van der Waals surface area contributed by atoms with E-state index in [0.717, 1.165) is 42.9 Å². The van der Waals surface area contributed by atoms with Gasteiger partial charge in [0.05, 0.1) is 0 Å². The van der Waals surface area contributed by atoms with E-state index < -0.39 is 8.32 Å². The summed E-state index contributed by atoms with van der Waals surface area (Å²) in [6, 6.07) is 0.190. The molecular weight excluding hydrogens is 346 g/mol. The molecule has 5 atom stereocenters. The molecule has 2 N–H and O–H groups in total. The van der Waals surface area contributed by atoms with Crippen molar-refractivity contribution in [3.8, 4) is 0 Å². The Kier molecular flexibility index (Phi) is 9.78. The fourth-order valence-corrected chi connectivity index (χ4v) is 5.74. The molecule has 0 bridgehead atoms. The van der Waals surface area contributed by atoms with Gasteiger partial charge in [0.25, 0.3) is 0 Å². The third kappa shape index (κ3) is 8.41. The van der Waals surface area contributed by atoms with Gasteiger partial charge in [0.1, 0.15) is 0 Å². The molecule has 0 heterocycles. The lowest BCUT2D eigenvalue weighted by Gasteiger charge is -2.38. The Morgan fingerprint density at radius 1 is 1.11 bits per heavy atom. The Bertz CT molecular complexity index is 452. The molecule has 2 nitrogen and oxygen atoms in total. The highest BCUT2D eigenvalue weighted by molar-refractivity contribution is 6.74. The highest BCUT2D eigenvalue weighted by Crippen LogP contribution is 2.39. The monoisotopic (exact) mass is 395 g/mol. The molecular formula is C24H49NOSi. The summed E-state index contributed by atoms with van der Waals surface area (Å²) in [5.74, 6) is 3.19. The van der Waals surface area contributed by atoms with Crippen molar-refractivity contribution in [1.29, 1.82) is 0 Å². The van der Waals surface area contributed by atoms with Crippen LogP contribution in [-0.4, -0.2) is 20.5 Å². The van der Waals surface area contributed by atoms with Crippen LogP contribution < -0.4 is 5.73 Å². The van der Waals surface area contributed by atoms with E-state index >= 15 is 0 Å². The Morgan fingerprint density at radius 3 is 2.30 bits per heavy atom. The van der Waals surface area contributed by atoms with Crippen molar-refractivity contribution in [2.75, 3.05) is 0 Å². The lowest BCUT2D eigenvalue weighted by atomic mass is 9.70. The summed E-state index contributed by atoms with van der Waals surface area (Å²) in [5.41, 5.74) is 6.41. The third-order valence-electron chi connectivity index (χ3n) is 7.13. The normalized spacial score (nSPS) is 27.3. The fraction of sp³-hybridized carbons (Fsp3) is 0.917. The summed E-state index contributed by atoms with van der Waals surface area (Å²) >= 11 is 0. The Hall–Kier alpha value is -0.123. The number of hydrogen-bond donors (Lipinski definition) is 1. The summed E-state index contributed by atoms with van der Waals surface area (Å²) in [6.07, 6.45) is 12.5. The molecule has 0 radical (unpaired) electrons. The number of rotatable bonds is 9. The van der Waals surface area contributed by atoms with Crippen LogP contribution in [0, 0.1) is 23.7 Å². The van der Waals surface area contributed by atoms with E-state index in [4.69, 9.17) is 10.2 Å². The molecule has 0 amide bonds. The van der Waals surface area contributed by atoms with Crippen LogP contribution in [0.4, 0.5) is 0 Å². The highest BCUT2D eigenvalue weighted by atomic mass is 28.4. The molecule has 1 aliphatic carbocycles. The van der Waals surface area contributed by atoms with Gasteiger partial charge in [0, 0.05) is 12.1 Å². The van der Waals surface area contributed by atoms with Crippen molar-refractivity contribution in [3.63, 3.8) is 0 Å². The van der Waals surface area contributed by atoms with Crippen LogP contribution in [0.25, 0.3) is 0 Å². The zero-order chi connectivity index (χ0) is 20.8. The van der Waals surface area contributed by atoms with Gasteiger partial charge in [-0.15, -0.1) is 0 Å². The van der Waals surface area contributed by atoms with E-state index in [1.807, 2.05) is 0 Å². The first kappa shape index (κ1) is 24.9. The molecule has 0 aromatic heterocycles. The standard InChI is InChI=1S/C24H49NOSi/c1-18(2)23-16-13-19(3)17-21(23)14-15-22(25)12-10-11-20(4)26-27(8,9)24(5,6)7/h14-15,18-23H,10-13,16-17,25H2,1-9H3/b15-14+/t19-,20?,21-,22+,23+/m1/s1. The zero-order valence-corrected chi connectivity index (χ0v) is 20.8. The summed E-state index contributed by atoms with van der Waals surface area (Å²) in [4.78, 5) is 0. The molecule has 0 saturated heterocycles. The second-order valence-electron chi connectivity index (χ2n) is 11.2. The van der Waals surface area contributed by atoms with Gasteiger partial charge in [-0.2, -0.15) is 0 Å². The lowest BCUT2D eigenvalue weighted by Crippen LogP contribution is -2.43. The van der Waals surface area contributed by atoms with Crippen LogP contribution >= 0.6 is 0 Å². The van der Waals surface area contributed by atoms with Crippen LogP contribution in [0.2, 0.25) is 18.1 Å². The van der Waals surface area contributed by atoms with Gasteiger partial charge in [-0.05, 0) is 80.8 Å². The molecule has 1 rings (SSSR count). The van der Waals surface area contributed by atoms with Crippen LogP contribution in [0.15, 0.2) is 12.2 Å². The van der Waals surface area contributed by atoms with Crippen molar-refractivity contribution >= 4 is 8.32 Å². The quantitative estimate of drug-likeness (QED) is 0.332. The van der Waals surface area contributed by atoms with Crippen molar-refractivity contribution in [2.24, 2.45) is 29.4 Å². The number of allylic oxidation sites excluding steroid dienone is 1. The molecule has 0 spiro atoms. The van der Waals surface area contributed by atoms with Crippen molar-refractivity contribution in [1.82, 2.24) is 0 Å². The molecule has 1 unspecified atom stereocenters. The highest BCUT2D eigenvalue weighted by Gasteiger charge is 2.38. The minimum atomic E-state index is -1.65. The molecule has 3 heteroatoms. The lowest BCUT2D eigenvalue weighted by molar-refractivity contribution is 0.178. The van der Waals surface area contributed by atoms with Crippen LogP contribution in [-0.2, 0) is 4.43 Å². The van der Waals surface area contributed by atoms with Crippen LogP contribution in [0.1, 0.15) is 87.0 Å². The van der Waals surface area contributed by atoms with Gasteiger partial charge in [0.15, 0.2) is 8.32 Å². The van der Waals surface area contributed by atoms with Gasteiger partial charge in [-0.1, -0.05) is 60.1 Å². The maximum Gasteiger partial charge on any atom is 0.192 e. The first-order chi connectivity index (χ1) is 12.3. The summed E-state index contributed by atoms with van der Waals surface area (Å²) in [7, 11) is -1.65. The Balaban J connectivity index is 2.41. The average molecular weight is 396 g/mol. The van der Waals surface area contributed by atoms with E-state index in [-0.39, 0.29) is 11.1 Å².